The number of rotatable bonds is 4. The number of aliphatic hydroxyl groups excluding tert-OH is 1. The van der Waals surface area contributed by atoms with Gasteiger partial charge in [-0.25, -0.2) is 9.59 Å². The Morgan fingerprint density at radius 2 is 2.19 bits per heavy atom. The zero-order valence-electron chi connectivity index (χ0n) is 9.26. The van der Waals surface area contributed by atoms with Gasteiger partial charge in [0.15, 0.2) is 0 Å². The Labute approximate surface area is 93.8 Å². The van der Waals surface area contributed by atoms with Crippen LogP contribution < -0.4 is 0 Å². The van der Waals surface area contributed by atoms with Crippen molar-refractivity contribution in [3.63, 3.8) is 0 Å². The summed E-state index contributed by atoms with van der Waals surface area (Å²) in [6.45, 7) is 2.28. The highest BCUT2D eigenvalue weighted by Gasteiger charge is 2.39. The van der Waals surface area contributed by atoms with E-state index in [1.54, 1.807) is 0 Å². The van der Waals surface area contributed by atoms with E-state index in [4.69, 9.17) is 9.84 Å². The molecule has 1 amide bonds. The van der Waals surface area contributed by atoms with Crippen molar-refractivity contribution < 1.29 is 24.5 Å². The first-order valence-electron chi connectivity index (χ1n) is 5.40. The number of aliphatic carboxylic acids is 1. The monoisotopic (exact) mass is 231 g/mol. The molecule has 0 saturated carbocycles. The minimum atomic E-state index is -1.11. The zero-order chi connectivity index (χ0) is 12.1. The third kappa shape index (κ3) is 3.10. The number of hydrogen-bond acceptors (Lipinski definition) is 4. The van der Waals surface area contributed by atoms with Crippen LogP contribution in [0.2, 0.25) is 0 Å². The van der Waals surface area contributed by atoms with Crippen molar-refractivity contribution in [1.82, 2.24) is 4.90 Å². The maximum absolute atomic E-state index is 11.5. The van der Waals surface area contributed by atoms with Crippen molar-refractivity contribution in [1.29, 1.82) is 0 Å². The van der Waals surface area contributed by atoms with Gasteiger partial charge in [0.05, 0.1) is 19.3 Å². The summed E-state index contributed by atoms with van der Waals surface area (Å²) in [5.74, 6) is -1.11. The molecule has 1 fully saturated rings. The van der Waals surface area contributed by atoms with Gasteiger partial charge in [-0.3, -0.25) is 4.90 Å². The highest BCUT2D eigenvalue weighted by molar-refractivity contribution is 5.80. The number of unbranched alkanes of at least 4 members (excludes halogenated alkanes) is 1. The van der Waals surface area contributed by atoms with E-state index in [2.05, 4.69) is 0 Å². The maximum Gasteiger partial charge on any atom is 0.410 e. The van der Waals surface area contributed by atoms with Gasteiger partial charge in [-0.1, -0.05) is 13.3 Å². The Kier molecular flexibility index (Phi) is 4.54. The van der Waals surface area contributed by atoms with E-state index in [1.807, 2.05) is 6.92 Å². The molecule has 0 aliphatic carbocycles. The van der Waals surface area contributed by atoms with Gasteiger partial charge < -0.3 is 14.9 Å². The quantitative estimate of drug-likeness (QED) is 0.686. The second kappa shape index (κ2) is 5.69. The van der Waals surface area contributed by atoms with Crippen LogP contribution in [0.4, 0.5) is 4.79 Å². The molecular formula is C10H17NO5. The van der Waals surface area contributed by atoms with Gasteiger partial charge in [-0.15, -0.1) is 0 Å². The maximum atomic E-state index is 11.5. The minimum absolute atomic E-state index is 0.0297. The Balaban J connectivity index is 2.50. The van der Waals surface area contributed by atoms with E-state index in [0.29, 0.717) is 0 Å². The largest absolute Gasteiger partial charge is 0.480 e. The van der Waals surface area contributed by atoms with E-state index in [1.165, 1.54) is 0 Å². The predicted octanol–water partition coefficient (Wildman–Crippen LogP) is 0.443. The molecule has 0 spiro atoms. The fraction of sp³-hybridized carbons (Fsp3) is 0.800. The van der Waals surface area contributed by atoms with Crippen molar-refractivity contribution in [2.75, 3.05) is 13.2 Å². The fourth-order valence-electron chi connectivity index (χ4n) is 1.64. The number of likely N-dealkylation sites (tertiary alicyclic amines) is 1. The molecule has 1 rings (SSSR count). The lowest BCUT2D eigenvalue weighted by Gasteiger charge is -2.20. The molecule has 0 radical (unpaired) electrons. The molecule has 0 aromatic rings. The molecule has 0 aromatic heterocycles. The van der Waals surface area contributed by atoms with Gasteiger partial charge in [0.25, 0.3) is 0 Å². The van der Waals surface area contributed by atoms with E-state index in [9.17, 15) is 14.7 Å². The highest BCUT2D eigenvalue weighted by Crippen LogP contribution is 2.19. The normalized spacial score (nSPS) is 24.5. The Morgan fingerprint density at radius 3 is 2.75 bits per heavy atom. The molecule has 6 nitrogen and oxygen atoms in total. The van der Waals surface area contributed by atoms with Crippen LogP contribution in [0, 0.1) is 0 Å². The number of carbonyl (C=O) groups excluding carboxylic acids is 1. The lowest BCUT2D eigenvalue weighted by atomic mass is 10.2. The third-order valence-corrected chi connectivity index (χ3v) is 2.52. The highest BCUT2D eigenvalue weighted by atomic mass is 16.6. The lowest BCUT2D eigenvalue weighted by Crippen LogP contribution is -2.41. The molecule has 0 unspecified atom stereocenters. The molecule has 1 aliphatic heterocycles. The van der Waals surface area contributed by atoms with Crippen LogP contribution in [-0.2, 0) is 9.53 Å². The number of ether oxygens (including phenoxy) is 1. The van der Waals surface area contributed by atoms with E-state index >= 15 is 0 Å². The molecule has 2 atom stereocenters. The predicted molar refractivity (Wildman–Crippen MR) is 55.0 cm³/mol. The zero-order valence-corrected chi connectivity index (χ0v) is 9.26. The number of nitrogens with zero attached hydrogens (tertiary/aromatic N) is 1. The molecule has 1 heterocycles. The second-order valence-corrected chi connectivity index (χ2v) is 3.86. The number of amides is 1. The average Bonchev–Trinajstić information content (AvgIpc) is 2.61. The molecule has 0 bridgehead atoms. The number of carboxylic acids is 1. The summed E-state index contributed by atoms with van der Waals surface area (Å²) in [5, 5.41) is 18.2. The van der Waals surface area contributed by atoms with Gasteiger partial charge in [-0.05, 0) is 6.42 Å². The lowest BCUT2D eigenvalue weighted by molar-refractivity contribution is -0.141. The first kappa shape index (κ1) is 12.8. The van der Waals surface area contributed by atoms with E-state index in [-0.39, 0.29) is 19.6 Å². The average molecular weight is 231 g/mol. The van der Waals surface area contributed by atoms with Crippen molar-refractivity contribution in [3.05, 3.63) is 0 Å². The number of β-amino-alcohol motifs (C(OH)–C–C–N with tert-alkyl or cyclic N) is 1. The van der Waals surface area contributed by atoms with Crippen LogP contribution in [-0.4, -0.2) is 52.5 Å². The SMILES string of the molecule is CCCCOC(=O)N1C[C@H](O)C[C@@H]1C(=O)O. The van der Waals surface area contributed by atoms with Crippen LogP contribution in [0.15, 0.2) is 0 Å². The topological polar surface area (TPSA) is 87.1 Å². The summed E-state index contributed by atoms with van der Waals surface area (Å²) in [4.78, 5) is 23.4. The third-order valence-electron chi connectivity index (χ3n) is 2.52. The number of carbonyl (C=O) groups is 2. The van der Waals surface area contributed by atoms with Crippen LogP contribution in [0.25, 0.3) is 0 Å². The summed E-state index contributed by atoms with van der Waals surface area (Å²) >= 11 is 0. The van der Waals surface area contributed by atoms with Crippen LogP contribution >= 0.6 is 0 Å². The summed E-state index contributed by atoms with van der Waals surface area (Å²) in [6.07, 6.45) is 0.285. The number of aliphatic hydroxyl groups is 1. The molecule has 2 N–H and O–H groups in total. The summed E-state index contributed by atoms with van der Waals surface area (Å²) in [5.41, 5.74) is 0. The van der Waals surface area contributed by atoms with E-state index in [0.717, 1.165) is 17.7 Å². The molecular weight excluding hydrogens is 214 g/mol. The van der Waals surface area contributed by atoms with Crippen LogP contribution in [0.3, 0.4) is 0 Å². The van der Waals surface area contributed by atoms with Gasteiger partial charge in [-0.2, -0.15) is 0 Å². The molecule has 0 aromatic carbocycles. The Morgan fingerprint density at radius 1 is 1.50 bits per heavy atom. The van der Waals surface area contributed by atoms with Gasteiger partial charge in [0.2, 0.25) is 0 Å². The number of carboxylic acid groups (broad SMARTS) is 1. The second-order valence-electron chi connectivity index (χ2n) is 3.86. The first-order valence-corrected chi connectivity index (χ1v) is 5.40. The molecule has 16 heavy (non-hydrogen) atoms. The number of hydrogen-bond donors (Lipinski definition) is 2. The molecule has 92 valence electrons. The van der Waals surface area contributed by atoms with Gasteiger partial charge in [0, 0.05) is 6.42 Å². The van der Waals surface area contributed by atoms with Crippen molar-refractivity contribution >= 4 is 12.1 Å². The Bertz CT molecular complexity index is 268. The molecule has 6 heteroatoms. The standard InChI is InChI=1S/C10H17NO5/c1-2-3-4-16-10(15)11-6-7(12)5-8(11)9(13)14/h7-8,12H,2-6H2,1H3,(H,13,14)/t7-,8-/m1/s1. The Hall–Kier alpha value is -1.30. The van der Waals surface area contributed by atoms with Crippen molar-refractivity contribution in [3.8, 4) is 0 Å². The van der Waals surface area contributed by atoms with Crippen molar-refractivity contribution in [2.24, 2.45) is 0 Å². The molecule has 1 saturated heterocycles. The van der Waals surface area contributed by atoms with Gasteiger partial charge >= 0.3 is 12.1 Å². The molecule has 1 aliphatic rings. The smallest absolute Gasteiger partial charge is 0.410 e. The van der Waals surface area contributed by atoms with Crippen molar-refractivity contribution in [2.45, 2.75) is 38.3 Å². The first-order chi connectivity index (χ1) is 7.56. The van der Waals surface area contributed by atoms with Crippen LogP contribution in [0.5, 0.6) is 0 Å². The summed E-state index contributed by atoms with van der Waals surface area (Å²) in [6, 6.07) is -0.968. The fourth-order valence-corrected chi connectivity index (χ4v) is 1.64. The van der Waals surface area contributed by atoms with E-state index < -0.39 is 24.2 Å². The summed E-state index contributed by atoms with van der Waals surface area (Å²) in [7, 11) is 0. The van der Waals surface area contributed by atoms with Crippen LogP contribution in [0.1, 0.15) is 26.2 Å². The summed E-state index contributed by atoms with van der Waals surface area (Å²) < 4.78 is 4.91. The minimum Gasteiger partial charge on any atom is -0.480 e. The van der Waals surface area contributed by atoms with Gasteiger partial charge in [0.1, 0.15) is 6.04 Å².